The molecule has 3 aromatic rings. The summed E-state index contributed by atoms with van der Waals surface area (Å²) in [5.41, 5.74) is 7.15. The topological polar surface area (TPSA) is 72.9 Å². The number of para-hydroxylation sites is 1. The summed E-state index contributed by atoms with van der Waals surface area (Å²) in [4.78, 5) is 25.6. The number of nitrogens with zero attached hydrogens (tertiary/aromatic N) is 2. The molecule has 0 unspecified atom stereocenters. The fourth-order valence-corrected chi connectivity index (χ4v) is 5.76. The smallest absolute Gasteiger partial charge is 0.290 e. The van der Waals surface area contributed by atoms with Crippen molar-refractivity contribution in [2.75, 3.05) is 23.3 Å². The van der Waals surface area contributed by atoms with Crippen LogP contribution in [0.5, 0.6) is 0 Å². The molecule has 0 spiro atoms. The molecule has 200 valence electrons. The summed E-state index contributed by atoms with van der Waals surface area (Å²) in [6.45, 7) is 7.08. The number of likely N-dealkylation sites (tertiary alicyclic amines) is 1. The second-order valence-electron chi connectivity index (χ2n) is 10.2. The Morgan fingerprint density at radius 3 is 2.26 bits per heavy atom. The van der Waals surface area contributed by atoms with Gasteiger partial charge in [0.1, 0.15) is 0 Å². The summed E-state index contributed by atoms with van der Waals surface area (Å²) < 4.78 is 0. The normalized spacial score (nSPS) is 19.1. The zero-order valence-corrected chi connectivity index (χ0v) is 22.5. The summed E-state index contributed by atoms with van der Waals surface area (Å²) in [5, 5.41) is 10.6. The van der Waals surface area contributed by atoms with Crippen LogP contribution < -0.4 is 10.2 Å². The lowest BCUT2D eigenvalue weighted by Crippen LogP contribution is -2.44. The van der Waals surface area contributed by atoms with Crippen molar-refractivity contribution in [2.45, 2.75) is 64.6 Å². The Hall–Kier alpha value is -3.64. The van der Waals surface area contributed by atoms with Crippen LogP contribution in [-0.2, 0) is 16.1 Å². The number of carboxylic acid groups (broad SMARTS) is 1. The van der Waals surface area contributed by atoms with E-state index in [1.165, 1.54) is 54.6 Å². The predicted molar refractivity (Wildman–Crippen MR) is 154 cm³/mol. The van der Waals surface area contributed by atoms with Gasteiger partial charge in [-0.1, -0.05) is 61.9 Å². The van der Waals surface area contributed by atoms with Crippen LogP contribution in [0.25, 0.3) is 11.1 Å². The van der Waals surface area contributed by atoms with Crippen molar-refractivity contribution in [1.82, 2.24) is 4.90 Å². The van der Waals surface area contributed by atoms with Gasteiger partial charge in [0.2, 0.25) is 5.91 Å². The van der Waals surface area contributed by atoms with Crippen molar-refractivity contribution in [3.05, 3.63) is 83.9 Å². The molecule has 1 amide bonds. The Morgan fingerprint density at radius 2 is 1.63 bits per heavy atom. The van der Waals surface area contributed by atoms with Crippen molar-refractivity contribution in [3.63, 3.8) is 0 Å². The Morgan fingerprint density at radius 1 is 0.974 bits per heavy atom. The Kier molecular flexibility index (Phi) is 9.55. The maximum Gasteiger partial charge on any atom is 0.290 e. The molecule has 3 aromatic carbocycles. The number of piperidine rings is 1. The number of amides is 1. The lowest BCUT2D eigenvalue weighted by Gasteiger charge is -2.41. The average molecular weight is 514 g/mol. The first-order valence-electron chi connectivity index (χ1n) is 13.7. The minimum atomic E-state index is -0.250. The molecule has 0 radical (unpaired) electrons. The van der Waals surface area contributed by atoms with E-state index in [0.717, 1.165) is 30.8 Å². The molecule has 5 rings (SSSR count). The van der Waals surface area contributed by atoms with E-state index in [0.29, 0.717) is 0 Å². The molecule has 2 aliphatic heterocycles. The first-order valence-corrected chi connectivity index (χ1v) is 13.7. The summed E-state index contributed by atoms with van der Waals surface area (Å²) in [6, 6.07) is 26.4. The molecule has 0 aliphatic carbocycles. The third-order valence-corrected chi connectivity index (χ3v) is 7.60. The second-order valence-corrected chi connectivity index (χ2v) is 10.2. The molecule has 6 nitrogen and oxygen atoms in total. The van der Waals surface area contributed by atoms with Gasteiger partial charge in [-0.05, 0) is 85.3 Å². The highest BCUT2D eigenvalue weighted by atomic mass is 16.3. The van der Waals surface area contributed by atoms with Crippen LogP contribution in [0.4, 0.5) is 11.4 Å². The minimum Gasteiger partial charge on any atom is -0.483 e. The summed E-state index contributed by atoms with van der Waals surface area (Å²) in [7, 11) is 0. The summed E-state index contributed by atoms with van der Waals surface area (Å²) >= 11 is 0. The number of carbonyl (C=O) groups excluding carboxylic acids is 1. The van der Waals surface area contributed by atoms with Crippen molar-refractivity contribution in [2.24, 2.45) is 0 Å². The van der Waals surface area contributed by atoms with Gasteiger partial charge in [0.05, 0.1) is 6.04 Å². The van der Waals surface area contributed by atoms with Crippen molar-refractivity contribution in [3.8, 4) is 11.1 Å². The van der Waals surface area contributed by atoms with E-state index < -0.39 is 0 Å². The number of rotatable bonds is 6. The fraction of sp³-hybridized carbons (Fsp3) is 0.375. The molecule has 1 fully saturated rings. The first kappa shape index (κ1) is 27.4. The number of nitrogens with one attached hydrogen (secondary N) is 1. The summed E-state index contributed by atoms with van der Waals surface area (Å²) in [5.74, 6) is 0.117. The predicted octanol–water partition coefficient (Wildman–Crippen LogP) is 6.73. The van der Waals surface area contributed by atoms with Crippen LogP contribution in [0.3, 0.4) is 0 Å². The third-order valence-electron chi connectivity index (χ3n) is 7.60. The van der Waals surface area contributed by atoms with E-state index in [1.807, 2.05) is 11.0 Å². The molecule has 1 saturated heterocycles. The average Bonchev–Trinajstić information content (AvgIpc) is 2.94. The van der Waals surface area contributed by atoms with Gasteiger partial charge in [0.25, 0.3) is 6.47 Å². The Bertz CT molecular complexity index is 1190. The number of hydrogen-bond acceptors (Lipinski definition) is 4. The van der Waals surface area contributed by atoms with Crippen LogP contribution in [0.15, 0.2) is 72.8 Å². The van der Waals surface area contributed by atoms with E-state index in [-0.39, 0.29) is 24.5 Å². The van der Waals surface area contributed by atoms with Gasteiger partial charge in [0, 0.05) is 30.9 Å². The number of fused-ring (bicyclic) bond motifs is 1. The van der Waals surface area contributed by atoms with Crippen LogP contribution >= 0.6 is 0 Å². The number of anilines is 2. The van der Waals surface area contributed by atoms with Crippen molar-refractivity contribution >= 4 is 23.8 Å². The van der Waals surface area contributed by atoms with Crippen LogP contribution in [0, 0.1) is 0 Å². The van der Waals surface area contributed by atoms with Crippen molar-refractivity contribution in [1.29, 1.82) is 0 Å². The van der Waals surface area contributed by atoms with E-state index in [4.69, 9.17) is 9.90 Å². The second kappa shape index (κ2) is 13.2. The zero-order valence-electron chi connectivity index (χ0n) is 22.5. The van der Waals surface area contributed by atoms with Gasteiger partial charge in [-0.2, -0.15) is 0 Å². The highest BCUT2D eigenvalue weighted by molar-refractivity contribution is 5.94. The molecule has 0 saturated carbocycles. The van der Waals surface area contributed by atoms with Gasteiger partial charge in [0.15, 0.2) is 0 Å². The number of benzene rings is 3. The third kappa shape index (κ3) is 6.62. The SMILES string of the molecule is CC[C@H]1C[C@@H](Nc2ccccc2)c2cc(-c3ccc(CN4CCCCC4)cc3)ccc2N1C(C)=O.O=CO. The molecule has 2 atom stereocenters. The minimum absolute atomic E-state index is 0.117. The van der Waals surface area contributed by atoms with E-state index in [9.17, 15) is 4.79 Å². The van der Waals surface area contributed by atoms with Crippen LogP contribution in [-0.4, -0.2) is 41.5 Å². The highest BCUT2D eigenvalue weighted by Crippen LogP contribution is 2.42. The monoisotopic (exact) mass is 513 g/mol. The zero-order chi connectivity index (χ0) is 26.9. The molecule has 38 heavy (non-hydrogen) atoms. The van der Waals surface area contributed by atoms with Gasteiger partial charge in [-0.25, -0.2) is 0 Å². The van der Waals surface area contributed by atoms with Gasteiger partial charge in [-0.15, -0.1) is 0 Å². The lowest BCUT2D eigenvalue weighted by atomic mass is 9.87. The van der Waals surface area contributed by atoms with Gasteiger partial charge >= 0.3 is 0 Å². The van der Waals surface area contributed by atoms with Gasteiger partial charge < -0.3 is 15.3 Å². The molecule has 0 bridgehead atoms. The van der Waals surface area contributed by atoms with Crippen LogP contribution in [0.2, 0.25) is 0 Å². The highest BCUT2D eigenvalue weighted by Gasteiger charge is 2.34. The van der Waals surface area contributed by atoms with Crippen molar-refractivity contribution < 1.29 is 14.7 Å². The largest absolute Gasteiger partial charge is 0.483 e. The summed E-state index contributed by atoms with van der Waals surface area (Å²) in [6.07, 6.45) is 5.85. The first-order chi connectivity index (χ1) is 18.5. The lowest BCUT2D eigenvalue weighted by molar-refractivity contribution is -0.123. The van der Waals surface area contributed by atoms with E-state index >= 15 is 0 Å². The molecule has 2 heterocycles. The van der Waals surface area contributed by atoms with E-state index in [2.05, 4.69) is 83.9 Å². The van der Waals surface area contributed by atoms with Crippen LogP contribution in [0.1, 0.15) is 63.1 Å². The molecular formula is C32H39N3O3. The molecule has 6 heteroatoms. The Balaban J connectivity index is 0.00000107. The Labute approximate surface area is 226 Å². The molecule has 2 aliphatic rings. The number of carbonyl (C=O) groups is 2. The van der Waals surface area contributed by atoms with Gasteiger partial charge in [-0.3, -0.25) is 14.5 Å². The fourth-order valence-electron chi connectivity index (χ4n) is 5.76. The van der Waals surface area contributed by atoms with E-state index in [1.54, 1.807) is 6.92 Å². The number of hydrogen-bond donors (Lipinski definition) is 2. The standard InChI is InChI=1S/C31H37N3O.CH2O2/c1-3-28-21-30(32-27-10-6-4-7-11-27)29-20-26(16-17-31(29)34(28)23(2)35)25-14-12-24(13-15-25)22-33-18-8-5-9-19-33;2-1-3/h4,6-7,10-17,20,28,30,32H,3,5,8-9,18-19,21-22H2,1-2H3;1H,(H,2,3)/t28-,30+;/m0./s1. The molecule has 0 aromatic heterocycles. The maximum atomic E-state index is 12.7. The molecule has 2 N–H and O–H groups in total. The quantitative estimate of drug-likeness (QED) is 0.358. The maximum absolute atomic E-state index is 12.7. The molecular weight excluding hydrogens is 474 g/mol.